The molecule has 0 aliphatic heterocycles. The summed E-state index contributed by atoms with van der Waals surface area (Å²) in [6.07, 6.45) is 1.79. The molecule has 0 fully saturated rings. The Morgan fingerprint density at radius 1 is 1.07 bits per heavy atom. The zero-order chi connectivity index (χ0) is 21.1. The summed E-state index contributed by atoms with van der Waals surface area (Å²) in [5.41, 5.74) is 3.57. The number of rotatable bonds is 5. The predicted molar refractivity (Wildman–Crippen MR) is 126 cm³/mol. The highest BCUT2D eigenvalue weighted by molar-refractivity contribution is 7.16. The van der Waals surface area contributed by atoms with E-state index in [9.17, 15) is 9.59 Å². The van der Waals surface area contributed by atoms with Gasteiger partial charge in [0.05, 0.1) is 10.2 Å². The van der Waals surface area contributed by atoms with Crippen molar-refractivity contribution in [3.8, 4) is 0 Å². The maximum atomic E-state index is 13.2. The number of halogens is 1. The first-order valence-corrected chi connectivity index (χ1v) is 10.7. The Morgan fingerprint density at radius 3 is 2.53 bits per heavy atom. The van der Waals surface area contributed by atoms with Crippen LogP contribution in [0.15, 0.2) is 77.6 Å². The number of amides is 1. The van der Waals surface area contributed by atoms with Gasteiger partial charge in [-0.05, 0) is 48.4 Å². The fourth-order valence-corrected chi connectivity index (χ4v) is 4.47. The van der Waals surface area contributed by atoms with Crippen molar-refractivity contribution in [1.82, 2.24) is 4.57 Å². The minimum atomic E-state index is -0.247. The van der Waals surface area contributed by atoms with E-state index in [4.69, 9.17) is 11.6 Å². The minimum Gasteiger partial charge on any atom is -0.322 e. The molecular weight excluding hydrogens is 416 g/mol. The summed E-state index contributed by atoms with van der Waals surface area (Å²) in [6, 6.07) is 22.4. The van der Waals surface area contributed by atoms with Gasteiger partial charge in [0.15, 0.2) is 0 Å². The second kappa shape index (κ2) is 8.69. The van der Waals surface area contributed by atoms with Crippen LogP contribution in [0.2, 0.25) is 5.02 Å². The third-order valence-corrected chi connectivity index (χ3v) is 6.06. The summed E-state index contributed by atoms with van der Waals surface area (Å²) < 4.78 is 2.56. The first-order chi connectivity index (χ1) is 14.6. The Balaban J connectivity index is 1.71. The van der Waals surface area contributed by atoms with Gasteiger partial charge in [0.25, 0.3) is 5.91 Å². The third kappa shape index (κ3) is 4.08. The fourth-order valence-electron chi connectivity index (χ4n) is 3.29. The van der Waals surface area contributed by atoms with Crippen LogP contribution in [0, 0.1) is 0 Å². The van der Waals surface area contributed by atoms with Crippen LogP contribution in [-0.4, -0.2) is 10.5 Å². The maximum Gasteiger partial charge on any atom is 0.308 e. The summed E-state index contributed by atoms with van der Waals surface area (Å²) in [6.45, 7) is 2.55. The number of anilines is 1. The van der Waals surface area contributed by atoms with E-state index in [0.717, 1.165) is 21.3 Å². The van der Waals surface area contributed by atoms with Gasteiger partial charge in [-0.15, -0.1) is 0 Å². The first kappa shape index (κ1) is 20.1. The molecule has 0 radical (unpaired) electrons. The summed E-state index contributed by atoms with van der Waals surface area (Å²) >= 11 is 7.49. The van der Waals surface area contributed by atoms with Crippen LogP contribution in [0.25, 0.3) is 21.9 Å². The van der Waals surface area contributed by atoms with Crippen molar-refractivity contribution >= 4 is 56.4 Å². The highest BCUT2D eigenvalue weighted by atomic mass is 35.5. The van der Waals surface area contributed by atoms with Crippen molar-refractivity contribution in [2.24, 2.45) is 0 Å². The number of benzene rings is 3. The molecule has 1 amide bonds. The van der Waals surface area contributed by atoms with Crippen molar-refractivity contribution in [1.29, 1.82) is 0 Å². The molecule has 30 heavy (non-hydrogen) atoms. The number of aryl methyl sites for hydroxylation is 1. The quantitative estimate of drug-likeness (QED) is 0.313. The number of carbonyl (C=O) groups is 1. The first-order valence-electron chi connectivity index (χ1n) is 9.53. The van der Waals surface area contributed by atoms with E-state index in [1.165, 1.54) is 11.3 Å². The minimum absolute atomic E-state index is 0.000401. The number of carbonyl (C=O) groups excluding carboxylic acids is 1. The van der Waals surface area contributed by atoms with Gasteiger partial charge in [0.2, 0.25) is 0 Å². The van der Waals surface area contributed by atoms with Gasteiger partial charge in [0, 0.05) is 22.8 Å². The molecule has 4 nitrogen and oxygen atoms in total. The average Bonchev–Trinajstić information content (AvgIpc) is 3.07. The molecule has 4 aromatic rings. The van der Waals surface area contributed by atoms with Gasteiger partial charge in [-0.2, -0.15) is 0 Å². The summed E-state index contributed by atoms with van der Waals surface area (Å²) in [5, 5.41) is 3.54. The third-order valence-electron chi connectivity index (χ3n) is 4.78. The fraction of sp³-hybridized carbons (Fsp3) is 0.0833. The number of hydrogen-bond acceptors (Lipinski definition) is 3. The average molecular weight is 435 g/mol. The Labute approximate surface area is 183 Å². The van der Waals surface area contributed by atoms with Gasteiger partial charge in [0.1, 0.15) is 0 Å². The van der Waals surface area contributed by atoms with Crippen LogP contribution in [0.5, 0.6) is 0 Å². The van der Waals surface area contributed by atoms with E-state index in [0.29, 0.717) is 22.8 Å². The molecule has 1 N–H and O–H groups in total. The lowest BCUT2D eigenvalue weighted by atomic mass is 10.0. The number of aromatic nitrogens is 1. The molecule has 0 saturated carbocycles. The van der Waals surface area contributed by atoms with Crippen LogP contribution < -0.4 is 10.2 Å². The second-order valence-corrected chi connectivity index (χ2v) is 8.09. The molecule has 0 spiro atoms. The van der Waals surface area contributed by atoms with E-state index in [-0.39, 0.29) is 10.8 Å². The molecule has 0 atom stereocenters. The maximum absolute atomic E-state index is 13.2. The van der Waals surface area contributed by atoms with E-state index in [1.54, 1.807) is 16.7 Å². The lowest BCUT2D eigenvalue weighted by molar-refractivity contribution is -0.111. The monoisotopic (exact) mass is 434 g/mol. The zero-order valence-corrected chi connectivity index (χ0v) is 17.8. The van der Waals surface area contributed by atoms with Gasteiger partial charge in [-0.1, -0.05) is 71.5 Å². The van der Waals surface area contributed by atoms with E-state index < -0.39 is 0 Å². The Kier molecular flexibility index (Phi) is 5.84. The topological polar surface area (TPSA) is 51.1 Å². The zero-order valence-electron chi connectivity index (χ0n) is 16.3. The highest BCUT2D eigenvalue weighted by Gasteiger charge is 2.14. The van der Waals surface area contributed by atoms with E-state index in [1.807, 2.05) is 73.7 Å². The molecule has 0 bridgehead atoms. The van der Waals surface area contributed by atoms with Crippen LogP contribution in [-0.2, 0) is 11.3 Å². The molecule has 150 valence electrons. The Bertz CT molecular complexity index is 1310. The van der Waals surface area contributed by atoms with E-state index >= 15 is 0 Å². The summed E-state index contributed by atoms with van der Waals surface area (Å²) in [5.74, 6) is -0.247. The number of nitrogens with zero attached hydrogens (tertiary/aromatic N) is 1. The van der Waals surface area contributed by atoms with Crippen molar-refractivity contribution in [3.05, 3.63) is 98.6 Å². The normalized spacial score (nSPS) is 11.6. The molecule has 3 aromatic carbocycles. The van der Waals surface area contributed by atoms with Gasteiger partial charge in [-0.25, -0.2) is 0 Å². The largest absolute Gasteiger partial charge is 0.322 e. The Hall–Kier alpha value is -3.15. The molecule has 0 aliphatic carbocycles. The molecule has 0 unspecified atom stereocenters. The van der Waals surface area contributed by atoms with Gasteiger partial charge >= 0.3 is 4.87 Å². The van der Waals surface area contributed by atoms with Crippen molar-refractivity contribution in [2.75, 3.05) is 5.32 Å². The number of fused-ring (bicyclic) bond motifs is 1. The summed E-state index contributed by atoms with van der Waals surface area (Å²) in [4.78, 5) is 25.3. The smallest absolute Gasteiger partial charge is 0.308 e. The predicted octanol–water partition coefficient (Wildman–Crippen LogP) is 5.92. The van der Waals surface area contributed by atoms with Crippen LogP contribution in [0.3, 0.4) is 0 Å². The molecule has 0 saturated heterocycles. The molecule has 4 rings (SSSR count). The number of nitrogens with one attached hydrogen (secondary N) is 1. The summed E-state index contributed by atoms with van der Waals surface area (Å²) in [7, 11) is 0. The van der Waals surface area contributed by atoms with Crippen molar-refractivity contribution in [3.63, 3.8) is 0 Å². The number of thiazole rings is 1. The van der Waals surface area contributed by atoms with Crippen molar-refractivity contribution in [2.45, 2.75) is 13.5 Å². The lowest BCUT2D eigenvalue weighted by Crippen LogP contribution is -2.13. The molecule has 1 heterocycles. The Morgan fingerprint density at radius 2 is 1.80 bits per heavy atom. The highest BCUT2D eigenvalue weighted by Crippen LogP contribution is 2.26. The van der Waals surface area contributed by atoms with Crippen LogP contribution >= 0.6 is 22.9 Å². The number of hydrogen-bond donors (Lipinski definition) is 1. The molecule has 6 heteroatoms. The van der Waals surface area contributed by atoms with E-state index in [2.05, 4.69) is 5.32 Å². The van der Waals surface area contributed by atoms with Crippen LogP contribution in [0.4, 0.5) is 5.69 Å². The molecule has 0 aliphatic rings. The standard InChI is InChI=1S/C24H19ClN2O2S/c1-2-27-21-13-12-18(15-22(21)30-24(27)29)26-23(28)19(16-8-4-3-5-9-16)14-17-10-6-7-11-20(17)25/h3-15H,2H2,1H3,(H,26,28)/b19-14+. The second-order valence-electron chi connectivity index (χ2n) is 6.69. The van der Waals surface area contributed by atoms with Crippen molar-refractivity contribution < 1.29 is 4.79 Å². The van der Waals surface area contributed by atoms with Gasteiger partial charge in [-0.3, -0.25) is 14.2 Å². The molecule has 1 aromatic heterocycles. The van der Waals surface area contributed by atoms with Crippen LogP contribution in [0.1, 0.15) is 18.1 Å². The lowest BCUT2D eigenvalue weighted by Gasteiger charge is -2.11. The SMILES string of the molecule is CCn1c(=O)sc2cc(NC(=O)/C(=C/c3ccccc3Cl)c3ccccc3)ccc21. The van der Waals surface area contributed by atoms with Gasteiger partial charge < -0.3 is 5.32 Å². The molecular formula is C24H19ClN2O2S.